The average Bonchev–Trinajstić information content (AvgIpc) is 2.84. The molecule has 0 unspecified atom stereocenters. The molecule has 20 heavy (non-hydrogen) atoms. The van der Waals surface area contributed by atoms with Crippen LogP contribution < -0.4 is 14.8 Å². The van der Waals surface area contributed by atoms with Gasteiger partial charge >= 0.3 is 0 Å². The minimum Gasteiger partial charge on any atom is -0.486 e. The van der Waals surface area contributed by atoms with Crippen molar-refractivity contribution in [3.63, 3.8) is 0 Å². The first-order valence-corrected chi connectivity index (χ1v) is 7.43. The maximum absolute atomic E-state index is 12.3. The third kappa shape index (κ3) is 2.57. The highest BCUT2D eigenvalue weighted by atomic mass is 35.5. The second kappa shape index (κ2) is 5.52. The van der Waals surface area contributed by atoms with E-state index in [9.17, 15) is 4.79 Å². The lowest BCUT2D eigenvalue weighted by Crippen LogP contribution is -2.36. The second-order valence-corrected chi connectivity index (χ2v) is 5.88. The number of hydrogen-bond acceptors (Lipinski definition) is 3. The van der Waals surface area contributed by atoms with Crippen LogP contribution in [0.25, 0.3) is 0 Å². The van der Waals surface area contributed by atoms with Crippen LogP contribution in [0.2, 0.25) is 5.02 Å². The van der Waals surface area contributed by atoms with E-state index in [1.54, 1.807) is 12.1 Å². The average molecular weight is 296 g/mol. The zero-order valence-electron chi connectivity index (χ0n) is 11.4. The monoisotopic (exact) mass is 295 g/mol. The lowest BCUT2D eigenvalue weighted by molar-refractivity contribution is 0.0928. The zero-order valence-corrected chi connectivity index (χ0v) is 12.2. The quantitative estimate of drug-likeness (QED) is 0.912. The molecule has 2 aliphatic rings. The van der Waals surface area contributed by atoms with E-state index in [-0.39, 0.29) is 11.9 Å². The summed E-state index contributed by atoms with van der Waals surface area (Å²) in [5.74, 6) is 1.52. The SMILES string of the molecule is C[C@@H]1CCC[C@@H]1NC(=O)c1cc(Cl)c2c(c1)OCCO2. The fraction of sp³-hybridized carbons (Fsp3) is 0.533. The number of fused-ring (bicyclic) bond motifs is 1. The number of benzene rings is 1. The maximum Gasteiger partial charge on any atom is 0.251 e. The summed E-state index contributed by atoms with van der Waals surface area (Å²) in [5.41, 5.74) is 0.526. The third-order valence-corrected chi connectivity index (χ3v) is 4.32. The molecule has 1 aromatic carbocycles. The molecule has 108 valence electrons. The van der Waals surface area contributed by atoms with E-state index in [0.29, 0.717) is 41.2 Å². The smallest absolute Gasteiger partial charge is 0.251 e. The first kappa shape index (κ1) is 13.6. The highest BCUT2D eigenvalue weighted by Crippen LogP contribution is 2.38. The van der Waals surface area contributed by atoms with Crippen LogP contribution in [0, 0.1) is 5.92 Å². The molecule has 1 N–H and O–H groups in total. The Morgan fingerprint density at radius 3 is 2.85 bits per heavy atom. The lowest BCUT2D eigenvalue weighted by atomic mass is 10.1. The molecule has 1 amide bonds. The number of halogens is 1. The van der Waals surface area contributed by atoms with Crippen molar-refractivity contribution in [1.29, 1.82) is 0 Å². The highest BCUT2D eigenvalue weighted by molar-refractivity contribution is 6.32. The van der Waals surface area contributed by atoms with Crippen molar-refractivity contribution in [2.75, 3.05) is 13.2 Å². The Bertz CT molecular complexity index is 532. The minimum absolute atomic E-state index is 0.0948. The van der Waals surface area contributed by atoms with E-state index >= 15 is 0 Å². The van der Waals surface area contributed by atoms with Gasteiger partial charge in [-0.05, 0) is 30.9 Å². The number of rotatable bonds is 2. The van der Waals surface area contributed by atoms with E-state index in [0.717, 1.165) is 6.42 Å². The van der Waals surface area contributed by atoms with Crippen molar-refractivity contribution in [2.24, 2.45) is 5.92 Å². The van der Waals surface area contributed by atoms with Crippen LogP contribution in [-0.2, 0) is 0 Å². The van der Waals surface area contributed by atoms with Crippen LogP contribution in [0.15, 0.2) is 12.1 Å². The summed E-state index contributed by atoms with van der Waals surface area (Å²) in [5, 5.41) is 3.51. The van der Waals surface area contributed by atoms with E-state index in [1.807, 2.05) is 0 Å². The predicted molar refractivity (Wildman–Crippen MR) is 76.7 cm³/mol. The largest absolute Gasteiger partial charge is 0.486 e. The van der Waals surface area contributed by atoms with Crippen molar-refractivity contribution in [2.45, 2.75) is 32.2 Å². The van der Waals surface area contributed by atoms with Crippen molar-refractivity contribution in [3.05, 3.63) is 22.7 Å². The number of carbonyl (C=O) groups excluding carboxylic acids is 1. The van der Waals surface area contributed by atoms with Crippen LogP contribution in [0.4, 0.5) is 0 Å². The van der Waals surface area contributed by atoms with Gasteiger partial charge in [0.1, 0.15) is 13.2 Å². The maximum atomic E-state index is 12.3. The summed E-state index contributed by atoms with van der Waals surface area (Å²) in [6.07, 6.45) is 3.39. The molecule has 1 aliphatic carbocycles. The molecule has 0 bridgehead atoms. The zero-order chi connectivity index (χ0) is 14.1. The molecule has 2 atom stereocenters. The molecule has 1 aliphatic heterocycles. The predicted octanol–water partition coefficient (Wildman–Crippen LogP) is 3.03. The van der Waals surface area contributed by atoms with Crippen LogP contribution in [-0.4, -0.2) is 25.2 Å². The Balaban J connectivity index is 1.79. The molecule has 1 saturated carbocycles. The van der Waals surface area contributed by atoms with Crippen LogP contribution in [0.1, 0.15) is 36.5 Å². The van der Waals surface area contributed by atoms with Gasteiger partial charge in [-0.15, -0.1) is 0 Å². The molecule has 1 aromatic rings. The molecule has 0 aromatic heterocycles. The molecule has 0 radical (unpaired) electrons. The topological polar surface area (TPSA) is 47.6 Å². The van der Waals surface area contributed by atoms with Gasteiger partial charge in [-0.25, -0.2) is 0 Å². The summed E-state index contributed by atoms with van der Waals surface area (Å²) in [6, 6.07) is 3.61. The van der Waals surface area contributed by atoms with E-state index in [1.165, 1.54) is 12.8 Å². The van der Waals surface area contributed by atoms with Gasteiger partial charge in [0.05, 0.1) is 5.02 Å². The fourth-order valence-electron chi connectivity index (χ4n) is 2.85. The standard InChI is InChI=1S/C15H18ClNO3/c1-9-3-2-4-12(9)17-15(18)10-7-11(16)14-13(8-10)19-5-6-20-14/h7-9,12H,2-6H2,1H3,(H,17,18)/t9-,12+/m1/s1. The van der Waals surface area contributed by atoms with Gasteiger partial charge in [0.15, 0.2) is 11.5 Å². The van der Waals surface area contributed by atoms with Crippen molar-refractivity contribution >= 4 is 17.5 Å². The minimum atomic E-state index is -0.0948. The molecule has 1 heterocycles. The summed E-state index contributed by atoms with van der Waals surface area (Å²) in [6.45, 7) is 3.14. The number of amides is 1. The van der Waals surface area contributed by atoms with Crippen LogP contribution >= 0.6 is 11.6 Å². The van der Waals surface area contributed by atoms with Gasteiger partial charge in [0.2, 0.25) is 0 Å². The molecular weight excluding hydrogens is 278 g/mol. The summed E-state index contributed by atoms with van der Waals surface area (Å²) >= 11 is 6.15. The molecule has 0 saturated heterocycles. The van der Waals surface area contributed by atoms with Gasteiger partial charge in [-0.2, -0.15) is 0 Å². The first-order chi connectivity index (χ1) is 9.65. The van der Waals surface area contributed by atoms with Gasteiger partial charge in [0, 0.05) is 11.6 Å². The Hall–Kier alpha value is -1.42. The van der Waals surface area contributed by atoms with Crippen LogP contribution in [0.5, 0.6) is 11.5 Å². The Labute approximate surface area is 123 Å². The van der Waals surface area contributed by atoms with Crippen LogP contribution in [0.3, 0.4) is 0 Å². The molecular formula is C15H18ClNO3. The highest BCUT2D eigenvalue weighted by Gasteiger charge is 2.26. The lowest BCUT2D eigenvalue weighted by Gasteiger charge is -2.21. The normalized spacial score (nSPS) is 24.5. The van der Waals surface area contributed by atoms with Crippen molar-refractivity contribution in [3.8, 4) is 11.5 Å². The number of hydrogen-bond donors (Lipinski definition) is 1. The Kier molecular flexibility index (Phi) is 3.74. The molecule has 0 spiro atoms. The molecule has 5 heteroatoms. The van der Waals surface area contributed by atoms with Gasteiger partial charge < -0.3 is 14.8 Å². The summed E-state index contributed by atoms with van der Waals surface area (Å²) < 4.78 is 10.9. The van der Waals surface area contributed by atoms with E-state index < -0.39 is 0 Å². The van der Waals surface area contributed by atoms with Gasteiger partial charge in [0.25, 0.3) is 5.91 Å². The Morgan fingerprint density at radius 2 is 2.10 bits per heavy atom. The molecule has 1 fully saturated rings. The third-order valence-electron chi connectivity index (χ3n) is 4.04. The molecule has 3 rings (SSSR count). The van der Waals surface area contributed by atoms with Gasteiger partial charge in [-0.3, -0.25) is 4.79 Å². The number of nitrogens with one attached hydrogen (secondary N) is 1. The second-order valence-electron chi connectivity index (χ2n) is 5.47. The number of ether oxygens (including phenoxy) is 2. The van der Waals surface area contributed by atoms with Crippen molar-refractivity contribution in [1.82, 2.24) is 5.32 Å². The Morgan fingerprint density at radius 1 is 1.30 bits per heavy atom. The number of carbonyl (C=O) groups is 1. The van der Waals surface area contributed by atoms with E-state index in [4.69, 9.17) is 21.1 Å². The fourth-order valence-corrected chi connectivity index (χ4v) is 3.12. The van der Waals surface area contributed by atoms with Crippen molar-refractivity contribution < 1.29 is 14.3 Å². The molecule has 4 nitrogen and oxygen atoms in total. The summed E-state index contributed by atoms with van der Waals surface area (Å²) in [7, 11) is 0. The van der Waals surface area contributed by atoms with E-state index in [2.05, 4.69) is 12.2 Å². The summed E-state index contributed by atoms with van der Waals surface area (Å²) in [4.78, 5) is 12.3. The van der Waals surface area contributed by atoms with Gasteiger partial charge in [-0.1, -0.05) is 24.9 Å². The first-order valence-electron chi connectivity index (χ1n) is 7.05.